The van der Waals surface area contributed by atoms with Crippen LogP contribution in [0.25, 0.3) is 0 Å². The van der Waals surface area contributed by atoms with Gasteiger partial charge in [0.15, 0.2) is 6.04 Å². The van der Waals surface area contributed by atoms with E-state index in [1.165, 1.54) is 0 Å². The van der Waals surface area contributed by atoms with Crippen LogP contribution in [0.5, 0.6) is 0 Å². The number of nitrogens with one attached hydrogen (secondary N) is 1. The van der Waals surface area contributed by atoms with Gasteiger partial charge in [-0.25, -0.2) is 27.3 Å². The molecule has 0 saturated heterocycles. The topological polar surface area (TPSA) is 24.5 Å². The number of hydrogen-bond donors (Lipinski definition) is 1. The zero-order chi connectivity index (χ0) is 24.9. The van der Waals surface area contributed by atoms with Gasteiger partial charge in [-0.05, 0) is 13.0 Å². The van der Waals surface area contributed by atoms with Gasteiger partial charge in [0, 0.05) is 13.1 Å². The van der Waals surface area contributed by atoms with Gasteiger partial charge in [-0.3, -0.25) is 4.90 Å². The fourth-order valence-electron chi connectivity index (χ4n) is 2.41. The third-order valence-electron chi connectivity index (χ3n) is 3.68. The molecule has 0 fully saturated rings. The fraction of sp³-hybridized carbons (Fsp3) is 1.00. The highest BCUT2D eigenvalue weighted by Gasteiger charge is 2.60. The Morgan fingerprint density at radius 3 is 1.65 bits per heavy atom. The maximum atomic E-state index is 14.1. The van der Waals surface area contributed by atoms with Crippen LogP contribution in [0.15, 0.2) is 0 Å². The Balaban J connectivity index is 5.22. The second-order valence-corrected chi connectivity index (χ2v) is 6.27. The van der Waals surface area contributed by atoms with Crippen LogP contribution >= 0.6 is 0 Å². The fourth-order valence-corrected chi connectivity index (χ4v) is 2.41. The zero-order valence-electron chi connectivity index (χ0n) is 15.5. The van der Waals surface area contributed by atoms with Gasteiger partial charge in [0.05, 0.1) is 0 Å². The summed E-state index contributed by atoms with van der Waals surface area (Å²) < 4.78 is 182. The second-order valence-electron chi connectivity index (χ2n) is 6.27. The van der Waals surface area contributed by atoms with Gasteiger partial charge in [-0.15, -0.1) is 0 Å². The molecule has 31 heavy (non-hydrogen) atoms. The molecule has 17 heteroatoms. The van der Waals surface area contributed by atoms with E-state index in [1.807, 2.05) is 0 Å². The van der Waals surface area contributed by atoms with E-state index in [1.54, 1.807) is 0 Å². The van der Waals surface area contributed by atoms with Crippen LogP contribution in [0, 0.1) is 0 Å². The molecule has 2 atom stereocenters. The molecule has 0 saturated carbocycles. The van der Waals surface area contributed by atoms with Crippen molar-refractivity contribution in [2.24, 2.45) is 0 Å². The van der Waals surface area contributed by atoms with Crippen molar-refractivity contribution in [3.05, 3.63) is 0 Å². The summed E-state index contributed by atoms with van der Waals surface area (Å²) in [5, 5.41) is 0.960. The Kier molecular flexibility index (Phi) is 10.3. The normalized spacial score (nSPS) is 16.6. The summed E-state index contributed by atoms with van der Waals surface area (Å²) in [5.74, 6) is -10.4. The number of halogens is 14. The van der Waals surface area contributed by atoms with Crippen LogP contribution < -0.4 is 5.32 Å². The average Bonchev–Trinajstić information content (AvgIpc) is 2.53. The first-order valence-electron chi connectivity index (χ1n) is 8.32. The number of ether oxygens (including phenoxy) is 1. The van der Waals surface area contributed by atoms with Gasteiger partial charge >= 0.3 is 24.6 Å². The lowest BCUT2D eigenvalue weighted by atomic mass is 10.1. The molecule has 0 rings (SSSR count). The number of rotatable bonds is 12. The third-order valence-corrected chi connectivity index (χ3v) is 3.68. The van der Waals surface area contributed by atoms with Gasteiger partial charge in [-0.2, -0.15) is 39.5 Å². The van der Waals surface area contributed by atoms with Crippen LogP contribution in [-0.4, -0.2) is 80.5 Å². The molecule has 1 N–H and O–H groups in total. The lowest BCUT2D eigenvalue weighted by Crippen LogP contribution is -2.59. The molecular formula is C14H18F14N2O. The predicted octanol–water partition coefficient (Wildman–Crippen LogP) is 4.93. The standard InChI is InChI=1S/C14H18F14N2O/c1-2-30(5-3-4-29-14(26,27)28)9(13(23,24)25)11(18,19)7-31-6-10(16,17)8(15)12(20,21)22/h8-9,29H,2-7H2,1H3. The van der Waals surface area contributed by atoms with Crippen LogP contribution in [0.1, 0.15) is 13.3 Å². The van der Waals surface area contributed by atoms with Crippen molar-refractivity contribution in [1.29, 1.82) is 0 Å². The Morgan fingerprint density at radius 1 is 0.774 bits per heavy atom. The maximum Gasteiger partial charge on any atom is 0.457 e. The van der Waals surface area contributed by atoms with Gasteiger partial charge in [-0.1, -0.05) is 6.92 Å². The Hall–Kier alpha value is -1.10. The monoisotopic (exact) mass is 496 g/mol. The second kappa shape index (κ2) is 10.7. The van der Waals surface area contributed by atoms with Crippen molar-refractivity contribution in [3.63, 3.8) is 0 Å². The molecule has 3 nitrogen and oxygen atoms in total. The molecule has 0 aromatic heterocycles. The van der Waals surface area contributed by atoms with Gasteiger partial charge in [0.1, 0.15) is 13.2 Å². The maximum absolute atomic E-state index is 14.1. The third kappa shape index (κ3) is 10.4. The van der Waals surface area contributed by atoms with E-state index in [0.29, 0.717) is 0 Å². The minimum absolute atomic E-state index is 0.00717. The average molecular weight is 496 g/mol. The number of alkyl halides is 14. The first kappa shape index (κ1) is 29.9. The highest BCUT2D eigenvalue weighted by molar-refractivity contribution is 4.92. The highest BCUT2D eigenvalue weighted by Crippen LogP contribution is 2.38. The summed E-state index contributed by atoms with van der Waals surface area (Å²) in [4.78, 5) is 0.00717. The van der Waals surface area contributed by atoms with E-state index in [2.05, 4.69) is 4.74 Å². The SMILES string of the molecule is CCN(CCCNC(F)(F)F)C(C(F)(F)F)C(F)(F)COCC(F)(F)C(F)C(F)(F)F. The van der Waals surface area contributed by atoms with Crippen LogP contribution in [0.2, 0.25) is 0 Å². The lowest BCUT2D eigenvalue weighted by Gasteiger charge is -2.37. The molecule has 0 aromatic carbocycles. The van der Waals surface area contributed by atoms with Crippen molar-refractivity contribution in [1.82, 2.24) is 10.2 Å². The van der Waals surface area contributed by atoms with E-state index < -0.39 is 82.0 Å². The number of nitrogens with zero attached hydrogens (tertiary/aromatic N) is 1. The zero-order valence-corrected chi connectivity index (χ0v) is 15.5. The van der Waals surface area contributed by atoms with Gasteiger partial charge in [0.25, 0.3) is 12.1 Å². The molecular weight excluding hydrogens is 478 g/mol. The predicted molar refractivity (Wildman–Crippen MR) is 77.4 cm³/mol. The van der Waals surface area contributed by atoms with Crippen molar-refractivity contribution in [2.75, 3.05) is 32.8 Å². The molecule has 0 aromatic rings. The molecule has 188 valence electrons. The molecule has 0 aliphatic rings. The molecule has 0 bridgehead atoms. The highest BCUT2D eigenvalue weighted by atomic mass is 19.4. The van der Waals surface area contributed by atoms with Crippen molar-refractivity contribution >= 4 is 0 Å². The van der Waals surface area contributed by atoms with E-state index in [0.717, 1.165) is 12.2 Å². The molecule has 2 unspecified atom stereocenters. The van der Waals surface area contributed by atoms with E-state index in [9.17, 15) is 61.5 Å². The number of hydrogen-bond acceptors (Lipinski definition) is 3. The Bertz CT molecular complexity index is 531. The van der Waals surface area contributed by atoms with Gasteiger partial charge < -0.3 is 4.74 Å². The minimum Gasteiger partial charge on any atom is -0.369 e. The Labute approximate surface area is 166 Å². The molecule has 0 aliphatic carbocycles. The molecule has 0 spiro atoms. The lowest BCUT2D eigenvalue weighted by molar-refractivity contribution is -0.274. The molecule has 0 heterocycles. The van der Waals surface area contributed by atoms with Crippen molar-refractivity contribution in [3.8, 4) is 0 Å². The molecule has 0 aliphatic heterocycles. The first-order valence-corrected chi connectivity index (χ1v) is 8.32. The Morgan fingerprint density at radius 2 is 1.26 bits per heavy atom. The minimum atomic E-state index is -6.08. The summed E-state index contributed by atoms with van der Waals surface area (Å²) in [6.45, 7) is -6.70. The van der Waals surface area contributed by atoms with Crippen molar-refractivity contribution in [2.45, 2.75) is 56.1 Å². The quantitative estimate of drug-likeness (QED) is 0.236. The molecule has 0 amide bonds. The molecule has 0 radical (unpaired) electrons. The smallest absolute Gasteiger partial charge is 0.369 e. The largest absolute Gasteiger partial charge is 0.457 e. The first-order chi connectivity index (χ1) is 13.6. The van der Waals surface area contributed by atoms with Crippen LogP contribution in [-0.2, 0) is 4.74 Å². The van der Waals surface area contributed by atoms with E-state index in [4.69, 9.17) is 0 Å². The van der Waals surface area contributed by atoms with E-state index >= 15 is 0 Å². The summed E-state index contributed by atoms with van der Waals surface area (Å²) in [7, 11) is 0. The van der Waals surface area contributed by atoms with Gasteiger partial charge in [0.2, 0.25) is 0 Å². The summed E-state index contributed by atoms with van der Waals surface area (Å²) in [6.07, 6.45) is -22.1. The van der Waals surface area contributed by atoms with E-state index in [-0.39, 0.29) is 4.90 Å². The van der Waals surface area contributed by atoms with Crippen molar-refractivity contribution < 1.29 is 66.2 Å². The summed E-state index contributed by atoms with van der Waals surface area (Å²) in [6, 6.07) is -3.71. The van der Waals surface area contributed by atoms with Crippen LogP contribution in [0.4, 0.5) is 61.5 Å². The summed E-state index contributed by atoms with van der Waals surface area (Å²) in [5.41, 5.74) is 0. The summed E-state index contributed by atoms with van der Waals surface area (Å²) >= 11 is 0. The van der Waals surface area contributed by atoms with Crippen LogP contribution in [0.3, 0.4) is 0 Å².